The third-order valence-corrected chi connectivity index (χ3v) is 5.51. The maximum atomic E-state index is 14.7. The van der Waals surface area contributed by atoms with Gasteiger partial charge >= 0.3 is 6.18 Å². The lowest BCUT2D eigenvalue weighted by atomic mass is 9.97. The second kappa shape index (κ2) is 7.63. The highest BCUT2D eigenvalue weighted by Gasteiger charge is 2.46. The number of amides is 1. The number of anilines is 1. The molecule has 1 saturated heterocycles. The number of hydrogen-bond acceptors (Lipinski definition) is 5. The zero-order chi connectivity index (χ0) is 22.4. The van der Waals surface area contributed by atoms with E-state index in [9.17, 15) is 22.4 Å². The number of carbonyl (C=O) groups excluding carboxylic acids is 1. The van der Waals surface area contributed by atoms with E-state index in [2.05, 4.69) is 19.9 Å². The Bertz CT molecular complexity index is 1160. The zero-order valence-electron chi connectivity index (χ0n) is 16.2. The van der Waals surface area contributed by atoms with Crippen LogP contribution in [0.15, 0.2) is 24.7 Å². The van der Waals surface area contributed by atoms with E-state index in [-0.39, 0.29) is 27.5 Å². The second-order valence-electron chi connectivity index (χ2n) is 7.44. The van der Waals surface area contributed by atoms with Crippen molar-refractivity contribution in [3.63, 3.8) is 0 Å². The summed E-state index contributed by atoms with van der Waals surface area (Å²) in [6, 6.07) is 1.66. The van der Waals surface area contributed by atoms with Gasteiger partial charge in [0.25, 0.3) is 0 Å². The largest absolute Gasteiger partial charge is 0.405 e. The first-order chi connectivity index (χ1) is 14.6. The van der Waals surface area contributed by atoms with Gasteiger partial charge in [0.2, 0.25) is 5.91 Å². The molecule has 1 fully saturated rings. The highest BCUT2D eigenvalue weighted by atomic mass is 35.5. The van der Waals surface area contributed by atoms with Gasteiger partial charge in [-0.25, -0.2) is 19.3 Å². The molecule has 31 heavy (non-hydrogen) atoms. The molecule has 0 saturated carbocycles. The molecule has 1 aliphatic heterocycles. The monoisotopic (exact) mass is 460 g/mol. The van der Waals surface area contributed by atoms with Crippen LogP contribution in [-0.2, 0) is 4.79 Å². The summed E-state index contributed by atoms with van der Waals surface area (Å²) in [6.45, 7) is 0.267. The minimum absolute atomic E-state index is 0. The molecule has 0 aliphatic carbocycles. The van der Waals surface area contributed by atoms with Gasteiger partial charge in [0.15, 0.2) is 17.5 Å². The van der Waals surface area contributed by atoms with Crippen molar-refractivity contribution in [2.45, 2.75) is 31.5 Å². The molecule has 3 aromatic rings. The maximum absolute atomic E-state index is 14.7. The van der Waals surface area contributed by atoms with Gasteiger partial charge in [-0.2, -0.15) is 13.2 Å². The van der Waals surface area contributed by atoms with E-state index in [1.54, 1.807) is 12.3 Å². The van der Waals surface area contributed by atoms with Gasteiger partial charge in [-0.1, -0.05) is 11.6 Å². The number of fused-ring (bicyclic) bond motifs is 1. The molecule has 168 valence electrons. The number of nitrogens with zero attached hydrogens (tertiary/aromatic N) is 4. The van der Waals surface area contributed by atoms with Crippen molar-refractivity contribution in [2.24, 2.45) is 0 Å². The molecule has 12 heteroatoms. The SMILES string of the molecule is C[C@@]1(C(=O)NCC(F)(F)F)CCCN1c1nc(-c2c[nH]c3ncc(Cl)cc23)ncc1F.[HH].[HH]. The Balaban J connectivity index is 0.00000193. The summed E-state index contributed by atoms with van der Waals surface area (Å²) < 4.78 is 52.4. The Morgan fingerprint density at radius 1 is 1.39 bits per heavy atom. The number of aromatic amines is 1. The first-order valence-electron chi connectivity index (χ1n) is 9.37. The fourth-order valence-corrected chi connectivity index (χ4v) is 3.91. The molecule has 0 aromatic carbocycles. The lowest BCUT2D eigenvalue weighted by Gasteiger charge is -2.35. The Morgan fingerprint density at radius 2 is 2.16 bits per heavy atom. The van der Waals surface area contributed by atoms with E-state index in [1.165, 1.54) is 18.0 Å². The predicted molar refractivity (Wildman–Crippen MR) is 110 cm³/mol. The van der Waals surface area contributed by atoms with E-state index in [0.717, 1.165) is 6.20 Å². The van der Waals surface area contributed by atoms with Crippen LogP contribution in [0.3, 0.4) is 0 Å². The summed E-state index contributed by atoms with van der Waals surface area (Å²) in [4.78, 5) is 29.4. The summed E-state index contributed by atoms with van der Waals surface area (Å²) in [5.74, 6) is -1.62. The molecule has 1 amide bonds. The van der Waals surface area contributed by atoms with Crippen LogP contribution in [0, 0.1) is 5.82 Å². The molecule has 4 heterocycles. The molecule has 0 unspecified atom stereocenters. The van der Waals surface area contributed by atoms with Crippen molar-refractivity contribution >= 4 is 34.4 Å². The summed E-state index contributed by atoms with van der Waals surface area (Å²) in [7, 11) is 0. The van der Waals surface area contributed by atoms with Gasteiger partial charge in [-0.3, -0.25) is 4.79 Å². The Morgan fingerprint density at radius 3 is 2.90 bits per heavy atom. The molecule has 3 aromatic heterocycles. The maximum Gasteiger partial charge on any atom is 0.405 e. The van der Waals surface area contributed by atoms with Crippen LogP contribution < -0.4 is 10.2 Å². The minimum atomic E-state index is -4.55. The number of H-pyrrole nitrogens is 1. The van der Waals surface area contributed by atoms with Crippen LogP contribution in [0.1, 0.15) is 22.6 Å². The number of carbonyl (C=O) groups is 1. The normalized spacial score (nSPS) is 19.2. The number of nitrogens with one attached hydrogen (secondary N) is 2. The smallest absolute Gasteiger partial charge is 0.345 e. The predicted octanol–water partition coefficient (Wildman–Crippen LogP) is 4.34. The number of aromatic nitrogens is 4. The van der Waals surface area contributed by atoms with Crippen LogP contribution in [0.5, 0.6) is 0 Å². The fourth-order valence-electron chi connectivity index (χ4n) is 3.75. The molecule has 7 nitrogen and oxygen atoms in total. The topological polar surface area (TPSA) is 86.8 Å². The molecule has 1 aliphatic rings. The van der Waals surface area contributed by atoms with E-state index in [1.807, 2.05) is 5.32 Å². The zero-order valence-corrected chi connectivity index (χ0v) is 17.0. The van der Waals surface area contributed by atoms with E-state index >= 15 is 0 Å². The van der Waals surface area contributed by atoms with Crippen LogP contribution in [0.2, 0.25) is 5.02 Å². The van der Waals surface area contributed by atoms with Gasteiger partial charge in [-0.15, -0.1) is 0 Å². The molecule has 4 rings (SSSR count). The Hall–Kier alpha value is -2.95. The Kier molecular flexibility index (Phi) is 5.24. The van der Waals surface area contributed by atoms with Gasteiger partial charge in [0.05, 0.1) is 11.2 Å². The second-order valence-corrected chi connectivity index (χ2v) is 7.88. The van der Waals surface area contributed by atoms with Crippen LogP contribution >= 0.6 is 11.6 Å². The van der Waals surface area contributed by atoms with Crippen molar-refractivity contribution in [3.8, 4) is 11.4 Å². The highest BCUT2D eigenvalue weighted by Crippen LogP contribution is 2.36. The van der Waals surface area contributed by atoms with Gasteiger partial charge in [0, 0.05) is 32.7 Å². The average Bonchev–Trinajstić information content (AvgIpc) is 3.30. The van der Waals surface area contributed by atoms with Crippen LogP contribution in [0.25, 0.3) is 22.4 Å². The third kappa shape index (κ3) is 4.01. The van der Waals surface area contributed by atoms with E-state index in [4.69, 9.17) is 11.6 Å². The van der Waals surface area contributed by atoms with E-state index in [0.29, 0.717) is 28.0 Å². The van der Waals surface area contributed by atoms with Gasteiger partial charge in [-0.05, 0) is 25.8 Å². The van der Waals surface area contributed by atoms with Crippen LogP contribution in [-0.4, -0.2) is 50.6 Å². The number of halogens is 5. The Labute approximate surface area is 181 Å². The first kappa shape index (κ1) is 21.3. The van der Waals surface area contributed by atoms with Crippen LogP contribution in [0.4, 0.5) is 23.4 Å². The molecular weight excluding hydrogens is 440 g/mol. The molecule has 0 spiro atoms. The lowest BCUT2D eigenvalue weighted by Crippen LogP contribution is -2.55. The number of alkyl halides is 3. The number of hydrogen-bond donors (Lipinski definition) is 2. The first-order valence-corrected chi connectivity index (χ1v) is 9.74. The summed E-state index contributed by atoms with van der Waals surface area (Å²) in [5.41, 5.74) is -0.330. The number of pyridine rings is 1. The van der Waals surface area contributed by atoms with Crippen molar-refractivity contribution < 1.29 is 25.2 Å². The minimum Gasteiger partial charge on any atom is -0.345 e. The third-order valence-electron chi connectivity index (χ3n) is 5.30. The average molecular weight is 461 g/mol. The van der Waals surface area contributed by atoms with Crippen molar-refractivity contribution in [2.75, 3.05) is 18.0 Å². The summed E-state index contributed by atoms with van der Waals surface area (Å²) >= 11 is 6.02. The van der Waals surface area contributed by atoms with Crippen molar-refractivity contribution in [3.05, 3.63) is 35.5 Å². The molecular formula is C19H21ClF4N6O. The number of rotatable bonds is 4. The molecule has 0 bridgehead atoms. The lowest BCUT2D eigenvalue weighted by molar-refractivity contribution is -0.141. The van der Waals surface area contributed by atoms with Gasteiger partial charge in [0.1, 0.15) is 17.7 Å². The molecule has 0 radical (unpaired) electrons. The fraction of sp³-hybridized carbons (Fsp3) is 0.368. The highest BCUT2D eigenvalue weighted by molar-refractivity contribution is 6.31. The van der Waals surface area contributed by atoms with Crippen molar-refractivity contribution in [1.82, 2.24) is 25.3 Å². The van der Waals surface area contributed by atoms with Gasteiger partial charge < -0.3 is 15.2 Å². The summed E-state index contributed by atoms with van der Waals surface area (Å²) in [5, 5.41) is 2.91. The van der Waals surface area contributed by atoms with E-state index < -0.39 is 30.0 Å². The van der Waals surface area contributed by atoms with Crippen molar-refractivity contribution in [1.29, 1.82) is 0 Å². The quantitative estimate of drug-likeness (QED) is 0.565. The summed E-state index contributed by atoms with van der Waals surface area (Å²) in [6.07, 6.45) is 0.234. The molecule has 1 atom stereocenters. The molecule has 2 N–H and O–H groups in total. The standard InChI is InChI=1S/C19H17ClF4N6O.2H2/c1-18(17(31)28-9-19(22,23)24)3-2-4-30(18)16-13(21)8-27-15(29-16)12-7-26-14-11(12)5-10(20)6-25-14;;/h5-8H,2-4,9H2,1H3,(H,25,26)(H,28,31);2*1H/t18-;;/m0../s1.